The van der Waals surface area contributed by atoms with Crippen LogP contribution in [0.4, 0.5) is 0 Å². The maximum atomic E-state index is 6.10. The standard InChI is InChI=1S/C26H21N3O3/c1-17-10-6-7-13-20(17)25-27-22(18(2)31-25)16-30-23-15-9-8-14-21(23)26-29-28-24(32-26)19-11-4-3-5-12-19/h3-15H,16H2,1-2H3. The van der Waals surface area contributed by atoms with E-state index in [1.807, 2.05) is 92.7 Å². The molecule has 0 unspecified atom stereocenters. The fourth-order valence-corrected chi connectivity index (χ4v) is 3.43. The summed E-state index contributed by atoms with van der Waals surface area (Å²) in [5, 5.41) is 8.40. The van der Waals surface area contributed by atoms with E-state index in [0.717, 1.165) is 33.7 Å². The molecule has 0 saturated carbocycles. The van der Waals surface area contributed by atoms with E-state index >= 15 is 0 Å². The highest BCUT2D eigenvalue weighted by Crippen LogP contribution is 2.32. The van der Waals surface area contributed by atoms with Crippen LogP contribution in [0.5, 0.6) is 5.75 Å². The average Bonchev–Trinajstić information content (AvgIpc) is 3.46. The number of benzene rings is 3. The lowest BCUT2D eigenvalue weighted by atomic mass is 10.1. The Balaban J connectivity index is 1.38. The van der Waals surface area contributed by atoms with E-state index in [4.69, 9.17) is 13.6 Å². The molecule has 0 amide bonds. The van der Waals surface area contributed by atoms with Gasteiger partial charge in [-0.2, -0.15) is 0 Å². The topological polar surface area (TPSA) is 74.2 Å². The molecule has 5 rings (SSSR count). The summed E-state index contributed by atoms with van der Waals surface area (Å²) in [6.45, 7) is 4.19. The van der Waals surface area contributed by atoms with E-state index in [-0.39, 0.29) is 6.61 Å². The molecule has 158 valence electrons. The zero-order valence-corrected chi connectivity index (χ0v) is 17.8. The number of para-hydroxylation sites is 1. The minimum atomic E-state index is 0.262. The Hall–Kier alpha value is -4.19. The first-order valence-electron chi connectivity index (χ1n) is 10.3. The van der Waals surface area contributed by atoms with Gasteiger partial charge in [0.15, 0.2) is 0 Å². The van der Waals surface area contributed by atoms with Crippen molar-refractivity contribution in [3.05, 3.63) is 95.9 Å². The van der Waals surface area contributed by atoms with Crippen molar-refractivity contribution in [3.8, 4) is 40.1 Å². The van der Waals surface area contributed by atoms with Gasteiger partial charge in [0.1, 0.15) is 23.8 Å². The molecule has 0 aliphatic carbocycles. The summed E-state index contributed by atoms with van der Waals surface area (Å²) >= 11 is 0. The molecule has 0 radical (unpaired) electrons. The quantitative estimate of drug-likeness (QED) is 0.321. The van der Waals surface area contributed by atoms with Gasteiger partial charge in [-0.15, -0.1) is 10.2 Å². The molecule has 3 aromatic carbocycles. The minimum Gasteiger partial charge on any atom is -0.486 e. The maximum absolute atomic E-state index is 6.10. The van der Waals surface area contributed by atoms with Crippen LogP contribution in [-0.2, 0) is 6.61 Å². The van der Waals surface area contributed by atoms with Crippen LogP contribution >= 0.6 is 0 Å². The molecule has 0 aliphatic heterocycles. The molecule has 0 saturated heterocycles. The van der Waals surface area contributed by atoms with Crippen molar-refractivity contribution in [2.24, 2.45) is 0 Å². The van der Waals surface area contributed by atoms with Gasteiger partial charge in [-0.3, -0.25) is 0 Å². The number of aromatic nitrogens is 3. The molecule has 6 heteroatoms. The van der Waals surface area contributed by atoms with Gasteiger partial charge in [-0.1, -0.05) is 48.5 Å². The van der Waals surface area contributed by atoms with Crippen LogP contribution in [0, 0.1) is 13.8 Å². The molecule has 0 atom stereocenters. The maximum Gasteiger partial charge on any atom is 0.251 e. The van der Waals surface area contributed by atoms with Gasteiger partial charge in [0.25, 0.3) is 5.89 Å². The van der Waals surface area contributed by atoms with Crippen LogP contribution in [0.15, 0.2) is 87.7 Å². The Morgan fingerprint density at radius 2 is 1.38 bits per heavy atom. The molecule has 2 aromatic heterocycles. The highest BCUT2D eigenvalue weighted by Gasteiger charge is 2.17. The Kier molecular flexibility index (Phi) is 5.25. The van der Waals surface area contributed by atoms with Crippen molar-refractivity contribution in [3.63, 3.8) is 0 Å². The second-order valence-corrected chi connectivity index (χ2v) is 7.40. The van der Waals surface area contributed by atoms with Crippen LogP contribution in [0.2, 0.25) is 0 Å². The lowest BCUT2D eigenvalue weighted by Gasteiger charge is -2.08. The lowest BCUT2D eigenvalue weighted by molar-refractivity contribution is 0.300. The summed E-state index contributed by atoms with van der Waals surface area (Å²) in [6, 6.07) is 25.3. The molecule has 0 bridgehead atoms. The van der Waals surface area contributed by atoms with Gasteiger partial charge in [0.2, 0.25) is 11.8 Å². The highest BCUT2D eigenvalue weighted by atomic mass is 16.5. The molecule has 0 spiro atoms. The summed E-state index contributed by atoms with van der Waals surface area (Å²) in [5.74, 6) is 2.82. The zero-order valence-electron chi connectivity index (χ0n) is 17.8. The minimum absolute atomic E-state index is 0.262. The third kappa shape index (κ3) is 3.90. The summed E-state index contributed by atoms with van der Waals surface area (Å²) in [4.78, 5) is 4.66. The third-order valence-electron chi connectivity index (χ3n) is 5.20. The number of oxazole rings is 1. The van der Waals surface area contributed by atoms with Crippen molar-refractivity contribution in [2.45, 2.75) is 20.5 Å². The van der Waals surface area contributed by atoms with E-state index in [1.165, 1.54) is 0 Å². The summed E-state index contributed by atoms with van der Waals surface area (Å²) in [7, 11) is 0. The molecule has 32 heavy (non-hydrogen) atoms. The second-order valence-electron chi connectivity index (χ2n) is 7.40. The Morgan fingerprint density at radius 1 is 0.688 bits per heavy atom. The Bertz CT molecular complexity index is 1360. The Morgan fingerprint density at radius 3 is 2.19 bits per heavy atom. The van der Waals surface area contributed by atoms with Crippen LogP contribution in [-0.4, -0.2) is 15.2 Å². The fraction of sp³-hybridized carbons (Fsp3) is 0.115. The molecular weight excluding hydrogens is 402 g/mol. The van der Waals surface area contributed by atoms with Gasteiger partial charge in [0, 0.05) is 11.1 Å². The molecular formula is C26H21N3O3. The number of aryl methyl sites for hydroxylation is 2. The van der Waals surface area contributed by atoms with Gasteiger partial charge in [0.05, 0.1) is 5.56 Å². The second kappa shape index (κ2) is 8.51. The molecule has 6 nitrogen and oxygen atoms in total. The number of rotatable bonds is 6. The van der Waals surface area contributed by atoms with E-state index in [9.17, 15) is 0 Å². The highest BCUT2D eigenvalue weighted by molar-refractivity contribution is 5.64. The number of ether oxygens (including phenoxy) is 1. The van der Waals surface area contributed by atoms with E-state index in [1.54, 1.807) is 0 Å². The average molecular weight is 423 g/mol. The third-order valence-corrected chi connectivity index (χ3v) is 5.20. The molecule has 0 N–H and O–H groups in total. The zero-order chi connectivity index (χ0) is 21.9. The normalized spacial score (nSPS) is 10.9. The first-order valence-corrected chi connectivity index (χ1v) is 10.3. The van der Waals surface area contributed by atoms with E-state index in [2.05, 4.69) is 15.2 Å². The predicted octanol–water partition coefficient (Wildman–Crippen LogP) is 6.25. The van der Waals surface area contributed by atoms with Crippen molar-refractivity contribution >= 4 is 0 Å². The van der Waals surface area contributed by atoms with Crippen LogP contribution in [0.1, 0.15) is 17.0 Å². The predicted molar refractivity (Wildman–Crippen MR) is 121 cm³/mol. The van der Waals surface area contributed by atoms with E-state index in [0.29, 0.717) is 23.4 Å². The van der Waals surface area contributed by atoms with Gasteiger partial charge in [-0.25, -0.2) is 4.98 Å². The van der Waals surface area contributed by atoms with Gasteiger partial charge < -0.3 is 13.6 Å². The monoisotopic (exact) mass is 423 g/mol. The van der Waals surface area contributed by atoms with Crippen LogP contribution in [0.25, 0.3) is 34.4 Å². The molecule has 0 fully saturated rings. The van der Waals surface area contributed by atoms with E-state index < -0.39 is 0 Å². The van der Waals surface area contributed by atoms with Crippen LogP contribution < -0.4 is 4.74 Å². The number of hydrogen-bond acceptors (Lipinski definition) is 6. The largest absolute Gasteiger partial charge is 0.486 e. The lowest BCUT2D eigenvalue weighted by Crippen LogP contribution is -1.99. The van der Waals surface area contributed by atoms with Crippen molar-refractivity contribution in [2.75, 3.05) is 0 Å². The molecule has 2 heterocycles. The van der Waals surface area contributed by atoms with Crippen molar-refractivity contribution < 1.29 is 13.6 Å². The smallest absolute Gasteiger partial charge is 0.251 e. The summed E-state index contributed by atoms with van der Waals surface area (Å²) in [5.41, 5.74) is 4.42. The van der Waals surface area contributed by atoms with Crippen molar-refractivity contribution in [1.29, 1.82) is 0 Å². The first-order chi connectivity index (χ1) is 15.7. The number of hydrogen-bond donors (Lipinski definition) is 0. The summed E-state index contributed by atoms with van der Waals surface area (Å²) in [6.07, 6.45) is 0. The van der Waals surface area contributed by atoms with Gasteiger partial charge in [-0.05, 0) is 49.7 Å². The van der Waals surface area contributed by atoms with Crippen LogP contribution in [0.3, 0.4) is 0 Å². The number of nitrogens with zero attached hydrogens (tertiary/aromatic N) is 3. The first kappa shape index (κ1) is 19.8. The van der Waals surface area contributed by atoms with Crippen molar-refractivity contribution in [1.82, 2.24) is 15.2 Å². The molecule has 5 aromatic rings. The van der Waals surface area contributed by atoms with Gasteiger partial charge >= 0.3 is 0 Å². The SMILES string of the molecule is Cc1ccccc1-c1nc(COc2ccccc2-c2nnc(-c3ccccc3)o2)c(C)o1. The fourth-order valence-electron chi connectivity index (χ4n) is 3.43. The summed E-state index contributed by atoms with van der Waals surface area (Å²) < 4.78 is 17.9. The molecule has 0 aliphatic rings. The Labute approximate surface area is 185 Å².